The Kier molecular flexibility index (Phi) is 8.78. The number of phenolic OH excluding ortho intramolecular Hbond substituents is 2. The lowest BCUT2D eigenvalue weighted by Gasteiger charge is -2.26. The third-order valence-electron chi connectivity index (χ3n) is 4.28. The molecule has 0 aromatic heterocycles. The van der Waals surface area contributed by atoms with E-state index in [1.165, 1.54) is 11.8 Å². The van der Waals surface area contributed by atoms with Crippen molar-refractivity contribution in [1.29, 1.82) is 0 Å². The molecule has 0 aliphatic heterocycles. The quantitative estimate of drug-likeness (QED) is 0.243. The summed E-state index contributed by atoms with van der Waals surface area (Å²) in [6, 6.07) is 12.4. The Hall–Kier alpha value is -2.67. The van der Waals surface area contributed by atoms with Crippen LogP contribution in [-0.2, 0) is 10.2 Å². The second-order valence-electron chi connectivity index (χ2n) is 8.26. The molecule has 4 N–H and O–H groups in total. The number of benzene rings is 2. The maximum absolute atomic E-state index is 11.0. The van der Waals surface area contributed by atoms with Crippen LogP contribution in [0.1, 0.15) is 52.7 Å². The zero-order valence-corrected chi connectivity index (χ0v) is 19.5. The Balaban J connectivity index is 0.000000329. The van der Waals surface area contributed by atoms with Gasteiger partial charge in [0, 0.05) is 5.41 Å². The average Bonchev–Trinajstić information content (AvgIpc) is 2.63. The SMILES string of the molecule is CC(C)(c1ccc(O)cc1)c1ccc(O)c(N)c1.CSC(C)=NC(=O)OC(C)(C)C. The van der Waals surface area contributed by atoms with Crippen LogP contribution in [0.2, 0.25) is 0 Å². The summed E-state index contributed by atoms with van der Waals surface area (Å²) >= 11 is 1.43. The minimum atomic E-state index is -0.519. The van der Waals surface area contributed by atoms with Gasteiger partial charge in [-0.25, -0.2) is 4.79 Å². The molecule has 7 heteroatoms. The Morgan fingerprint density at radius 2 is 1.53 bits per heavy atom. The third kappa shape index (κ3) is 7.99. The summed E-state index contributed by atoms with van der Waals surface area (Å²) < 4.78 is 4.97. The van der Waals surface area contributed by atoms with E-state index in [9.17, 15) is 15.0 Å². The molecular formula is C23H32N2O4S. The van der Waals surface area contributed by atoms with Gasteiger partial charge in [-0.3, -0.25) is 0 Å². The highest BCUT2D eigenvalue weighted by atomic mass is 32.2. The number of hydrogen-bond donors (Lipinski definition) is 3. The zero-order chi connectivity index (χ0) is 23.1. The van der Waals surface area contributed by atoms with Gasteiger partial charge in [-0.1, -0.05) is 32.0 Å². The van der Waals surface area contributed by atoms with Crippen molar-refractivity contribution < 1.29 is 19.7 Å². The Morgan fingerprint density at radius 3 is 2.00 bits per heavy atom. The number of ether oxygens (including phenoxy) is 1. The summed E-state index contributed by atoms with van der Waals surface area (Å²) in [5, 5.41) is 19.5. The van der Waals surface area contributed by atoms with Crippen molar-refractivity contribution in [2.75, 3.05) is 12.0 Å². The molecule has 30 heavy (non-hydrogen) atoms. The summed E-state index contributed by atoms with van der Waals surface area (Å²) in [5.41, 5.74) is 7.50. The van der Waals surface area contributed by atoms with E-state index in [0.717, 1.165) is 11.1 Å². The van der Waals surface area contributed by atoms with Gasteiger partial charge in [0.1, 0.15) is 17.1 Å². The minimum Gasteiger partial charge on any atom is -0.508 e. The van der Waals surface area contributed by atoms with Crippen LogP contribution in [0.25, 0.3) is 0 Å². The third-order valence-corrected chi connectivity index (χ3v) is 4.96. The van der Waals surface area contributed by atoms with Gasteiger partial charge in [-0.2, -0.15) is 4.99 Å². The van der Waals surface area contributed by atoms with Crippen LogP contribution in [0.3, 0.4) is 0 Å². The molecule has 0 atom stereocenters. The molecule has 2 rings (SSSR count). The van der Waals surface area contributed by atoms with Crippen molar-refractivity contribution in [1.82, 2.24) is 0 Å². The van der Waals surface area contributed by atoms with E-state index in [-0.39, 0.29) is 16.9 Å². The standard InChI is InChI=1S/C15H17NO2.C8H15NO2S/c1-15(2,10-3-6-12(17)7-4-10)11-5-8-14(18)13(16)9-11;1-6(12-5)9-7(10)11-8(2,3)4/h3-9,17-18H,16H2,1-2H3;1-5H3. The molecular weight excluding hydrogens is 400 g/mol. The smallest absolute Gasteiger partial charge is 0.434 e. The maximum Gasteiger partial charge on any atom is 0.434 e. The highest BCUT2D eigenvalue weighted by molar-refractivity contribution is 8.13. The highest BCUT2D eigenvalue weighted by Gasteiger charge is 2.23. The number of aliphatic imine (C=N–C) groups is 1. The van der Waals surface area contributed by atoms with Crippen LogP contribution in [-0.4, -0.2) is 33.2 Å². The average molecular weight is 433 g/mol. The Labute approximate surface area is 183 Å². The largest absolute Gasteiger partial charge is 0.508 e. The number of amides is 1. The summed E-state index contributed by atoms with van der Waals surface area (Å²) in [4.78, 5) is 14.7. The lowest BCUT2D eigenvalue weighted by Crippen LogP contribution is -2.22. The van der Waals surface area contributed by atoms with Crippen molar-refractivity contribution in [3.05, 3.63) is 53.6 Å². The van der Waals surface area contributed by atoms with Gasteiger partial charge in [-0.05, 0) is 69.3 Å². The number of anilines is 1. The van der Waals surface area contributed by atoms with E-state index in [1.54, 1.807) is 31.2 Å². The van der Waals surface area contributed by atoms with Crippen LogP contribution in [0.5, 0.6) is 11.5 Å². The normalized spacial score (nSPS) is 12.0. The van der Waals surface area contributed by atoms with Crippen molar-refractivity contribution >= 4 is 28.6 Å². The van der Waals surface area contributed by atoms with E-state index in [4.69, 9.17) is 10.5 Å². The van der Waals surface area contributed by atoms with Crippen LogP contribution in [0.4, 0.5) is 10.5 Å². The molecule has 164 valence electrons. The number of thioether (sulfide) groups is 1. The van der Waals surface area contributed by atoms with Gasteiger partial charge < -0.3 is 20.7 Å². The Bertz CT molecular complexity index is 885. The summed E-state index contributed by atoms with van der Waals surface area (Å²) in [6.07, 6.45) is 1.35. The molecule has 0 saturated heterocycles. The fourth-order valence-corrected chi connectivity index (χ4v) is 2.61. The molecule has 0 fully saturated rings. The molecule has 0 radical (unpaired) electrons. The van der Waals surface area contributed by atoms with Crippen LogP contribution in [0.15, 0.2) is 47.5 Å². The molecule has 0 aliphatic carbocycles. The fraction of sp³-hybridized carbons (Fsp3) is 0.391. The van der Waals surface area contributed by atoms with E-state index in [1.807, 2.05) is 45.2 Å². The van der Waals surface area contributed by atoms with Crippen LogP contribution >= 0.6 is 11.8 Å². The van der Waals surface area contributed by atoms with Gasteiger partial charge in [-0.15, -0.1) is 11.8 Å². The minimum absolute atomic E-state index is 0.0975. The maximum atomic E-state index is 11.0. The van der Waals surface area contributed by atoms with Gasteiger partial charge in [0.05, 0.1) is 10.7 Å². The van der Waals surface area contributed by atoms with E-state index in [0.29, 0.717) is 10.7 Å². The number of phenols is 2. The van der Waals surface area contributed by atoms with Crippen LogP contribution < -0.4 is 5.73 Å². The summed E-state index contributed by atoms with van der Waals surface area (Å²) in [7, 11) is 0. The first-order valence-electron chi connectivity index (χ1n) is 9.47. The van der Waals surface area contributed by atoms with Crippen LogP contribution in [0, 0.1) is 0 Å². The number of nitrogens with zero attached hydrogens (tertiary/aromatic N) is 1. The number of carbonyl (C=O) groups excluding carboxylic acids is 1. The molecule has 0 saturated carbocycles. The first kappa shape index (κ1) is 25.4. The number of rotatable bonds is 2. The van der Waals surface area contributed by atoms with Gasteiger partial charge in [0.25, 0.3) is 0 Å². The summed E-state index contributed by atoms with van der Waals surface area (Å²) in [6.45, 7) is 11.4. The van der Waals surface area contributed by atoms with Gasteiger partial charge in [0.15, 0.2) is 0 Å². The topological polar surface area (TPSA) is 105 Å². The van der Waals surface area contributed by atoms with Gasteiger partial charge >= 0.3 is 6.09 Å². The van der Waals surface area contributed by atoms with Crippen molar-refractivity contribution in [3.8, 4) is 11.5 Å². The predicted octanol–water partition coefficient (Wildman–Crippen LogP) is 5.71. The predicted molar refractivity (Wildman–Crippen MR) is 126 cm³/mol. The fourth-order valence-electron chi connectivity index (χ4n) is 2.45. The second-order valence-corrected chi connectivity index (χ2v) is 9.26. The number of hydrogen-bond acceptors (Lipinski definition) is 6. The number of aromatic hydroxyl groups is 2. The lowest BCUT2D eigenvalue weighted by molar-refractivity contribution is 0.0605. The molecule has 2 aromatic carbocycles. The number of carbonyl (C=O) groups is 1. The van der Waals surface area contributed by atoms with E-state index in [2.05, 4.69) is 18.8 Å². The van der Waals surface area contributed by atoms with Gasteiger partial charge in [0.2, 0.25) is 0 Å². The van der Waals surface area contributed by atoms with E-state index < -0.39 is 11.7 Å². The van der Waals surface area contributed by atoms with Crippen molar-refractivity contribution in [2.24, 2.45) is 4.99 Å². The van der Waals surface area contributed by atoms with Crippen molar-refractivity contribution in [3.63, 3.8) is 0 Å². The first-order valence-corrected chi connectivity index (χ1v) is 10.7. The first-order chi connectivity index (χ1) is 13.8. The number of nitrogen functional groups attached to an aromatic ring is 1. The molecule has 1 amide bonds. The molecule has 6 nitrogen and oxygen atoms in total. The Morgan fingerprint density at radius 1 is 1.00 bits per heavy atom. The molecule has 0 spiro atoms. The molecule has 2 aromatic rings. The molecule has 0 unspecified atom stereocenters. The molecule has 0 aliphatic rings. The highest BCUT2D eigenvalue weighted by Crippen LogP contribution is 2.35. The lowest BCUT2D eigenvalue weighted by atomic mass is 9.78. The zero-order valence-electron chi connectivity index (χ0n) is 18.7. The van der Waals surface area contributed by atoms with Crippen molar-refractivity contribution in [2.45, 2.75) is 52.6 Å². The van der Waals surface area contributed by atoms with E-state index >= 15 is 0 Å². The monoisotopic (exact) mass is 432 g/mol. The molecule has 0 heterocycles. The number of nitrogens with two attached hydrogens (primary N) is 1. The summed E-state index contributed by atoms with van der Waals surface area (Å²) in [5.74, 6) is 0.347. The molecule has 0 bridgehead atoms. The second kappa shape index (κ2) is 10.4.